The topological polar surface area (TPSA) is 54.4 Å². The highest BCUT2D eigenvalue weighted by molar-refractivity contribution is 6.14. The second-order valence-corrected chi connectivity index (χ2v) is 5.80. The van der Waals surface area contributed by atoms with Gasteiger partial charge >= 0.3 is 0 Å². The Labute approximate surface area is 112 Å². The Morgan fingerprint density at radius 1 is 1.21 bits per heavy atom. The quantitative estimate of drug-likeness (QED) is 0.829. The van der Waals surface area contributed by atoms with Crippen LogP contribution in [-0.2, 0) is 9.59 Å². The van der Waals surface area contributed by atoms with Crippen molar-refractivity contribution in [1.82, 2.24) is 0 Å². The normalized spacial score (nSPS) is 26.5. The first kappa shape index (κ1) is 12.5. The summed E-state index contributed by atoms with van der Waals surface area (Å²) in [6.07, 6.45) is 2.15. The molecule has 0 aromatic heterocycles. The molecule has 2 fully saturated rings. The number of rotatable bonds is 2. The molecule has 1 spiro atoms. The summed E-state index contributed by atoms with van der Waals surface area (Å²) in [5.74, 6) is 0.131. The standard InChI is InChI=1S/C16H18O3/c1-10(17)11-2-4-12(5-3-11)13-6-7-14(18)16(8-9-16)15(13)19/h2-5,10,13,17H,6-9H2,1H3. The molecule has 3 nitrogen and oxygen atoms in total. The monoisotopic (exact) mass is 258 g/mol. The highest BCUT2D eigenvalue weighted by atomic mass is 16.3. The van der Waals surface area contributed by atoms with Crippen LogP contribution in [0.5, 0.6) is 0 Å². The zero-order valence-electron chi connectivity index (χ0n) is 11.1. The van der Waals surface area contributed by atoms with Gasteiger partial charge in [0.2, 0.25) is 0 Å². The molecule has 0 heterocycles. The first-order valence-electron chi connectivity index (χ1n) is 6.90. The number of hydrogen-bond donors (Lipinski definition) is 1. The summed E-state index contributed by atoms with van der Waals surface area (Å²) in [6, 6.07) is 7.56. The molecule has 2 aliphatic carbocycles. The molecular formula is C16H18O3. The maximum atomic E-state index is 12.5. The van der Waals surface area contributed by atoms with Crippen LogP contribution >= 0.6 is 0 Å². The molecule has 3 heteroatoms. The van der Waals surface area contributed by atoms with Crippen LogP contribution in [0.3, 0.4) is 0 Å². The number of aliphatic hydroxyl groups excluding tert-OH is 1. The SMILES string of the molecule is CC(O)c1ccc(C2CCC(=O)C3(CC3)C2=O)cc1. The average Bonchev–Trinajstić information content (AvgIpc) is 3.19. The van der Waals surface area contributed by atoms with Gasteiger partial charge in [0.15, 0.2) is 5.78 Å². The molecule has 0 amide bonds. The third-order valence-electron chi connectivity index (χ3n) is 4.55. The fourth-order valence-electron chi connectivity index (χ4n) is 3.09. The first-order valence-corrected chi connectivity index (χ1v) is 6.90. The highest BCUT2D eigenvalue weighted by Crippen LogP contribution is 2.54. The van der Waals surface area contributed by atoms with Crippen LogP contribution in [0.4, 0.5) is 0 Å². The van der Waals surface area contributed by atoms with E-state index in [0.29, 0.717) is 12.8 Å². The summed E-state index contributed by atoms with van der Waals surface area (Å²) in [4.78, 5) is 24.3. The Morgan fingerprint density at radius 2 is 1.84 bits per heavy atom. The first-order chi connectivity index (χ1) is 9.04. The average molecular weight is 258 g/mol. The van der Waals surface area contributed by atoms with Crippen molar-refractivity contribution in [2.45, 2.75) is 44.6 Å². The molecule has 0 bridgehead atoms. The van der Waals surface area contributed by atoms with Crippen LogP contribution in [0.1, 0.15) is 55.8 Å². The number of benzene rings is 1. The number of hydrogen-bond acceptors (Lipinski definition) is 3. The number of carbonyl (C=O) groups is 2. The summed E-state index contributed by atoms with van der Waals surface area (Å²) in [6.45, 7) is 1.72. The number of aliphatic hydroxyl groups is 1. The third kappa shape index (κ3) is 1.93. The van der Waals surface area contributed by atoms with E-state index in [0.717, 1.165) is 24.0 Å². The molecule has 2 aliphatic rings. The van der Waals surface area contributed by atoms with Crippen LogP contribution < -0.4 is 0 Å². The molecule has 1 aromatic carbocycles. The Balaban J connectivity index is 1.86. The fourth-order valence-corrected chi connectivity index (χ4v) is 3.09. The molecule has 1 N–H and O–H groups in total. The predicted molar refractivity (Wildman–Crippen MR) is 70.7 cm³/mol. The van der Waals surface area contributed by atoms with Gasteiger partial charge in [-0.15, -0.1) is 0 Å². The van der Waals surface area contributed by atoms with Gasteiger partial charge in [0.25, 0.3) is 0 Å². The predicted octanol–water partition coefficient (Wildman–Crippen LogP) is 2.54. The van der Waals surface area contributed by atoms with Crippen LogP contribution in [0, 0.1) is 5.41 Å². The second-order valence-electron chi connectivity index (χ2n) is 5.80. The van der Waals surface area contributed by atoms with Crippen molar-refractivity contribution in [2.24, 2.45) is 5.41 Å². The third-order valence-corrected chi connectivity index (χ3v) is 4.55. The lowest BCUT2D eigenvalue weighted by Crippen LogP contribution is -2.35. The van der Waals surface area contributed by atoms with Crippen LogP contribution in [0.25, 0.3) is 0 Å². The second kappa shape index (κ2) is 4.27. The summed E-state index contributed by atoms with van der Waals surface area (Å²) < 4.78 is 0. The molecule has 0 aliphatic heterocycles. The van der Waals surface area contributed by atoms with Gasteiger partial charge in [-0.25, -0.2) is 0 Å². The van der Waals surface area contributed by atoms with E-state index in [9.17, 15) is 14.7 Å². The number of ketones is 2. The lowest BCUT2D eigenvalue weighted by atomic mass is 9.74. The van der Waals surface area contributed by atoms with E-state index in [2.05, 4.69) is 0 Å². The Bertz CT molecular complexity index is 523. The molecule has 0 radical (unpaired) electrons. The van der Waals surface area contributed by atoms with Crippen LogP contribution in [0.2, 0.25) is 0 Å². The van der Waals surface area contributed by atoms with Crippen LogP contribution in [-0.4, -0.2) is 16.7 Å². The summed E-state index contributed by atoms with van der Waals surface area (Å²) in [7, 11) is 0. The highest BCUT2D eigenvalue weighted by Gasteiger charge is 2.59. The maximum absolute atomic E-state index is 12.5. The van der Waals surface area contributed by atoms with E-state index >= 15 is 0 Å². The van der Waals surface area contributed by atoms with Gasteiger partial charge in [-0.2, -0.15) is 0 Å². The van der Waals surface area contributed by atoms with Gasteiger partial charge in [-0.05, 0) is 37.3 Å². The van der Waals surface area contributed by atoms with Crippen molar-refractivity contribution in [3.63, 3.8) is 0 Å². The molecule has 3 rings (SSSR count). The van der Waals surface area contributed by atoms with E-state index < -0.39 is 11.5 Å². The molecular weight excluding hydrogens is 240 g/mol. The van der Waals surface area contributed by atoms with Gasteiger partial charge in [0.05, 0.1) is 11.5 Å². The van der Waals surface area contributed by atoms with Gasteiger partial charge in [0.1, 0.15) is 5.78 Å². The Hall–Kier alpha value is -1.48. The molecule has 2 unspecified atom stereocenters. The lowest BCUT2D eigenvalue weighted by Gasteiger charge is -2.27. The van der Waals surface area contributed by atoms with E-state index in [1.807, 2.05) is 24.3 Å². The Morgan fingerprint density at radius 3 is 2.37 bits per heavy atom. The van der Waals surface area contributed by atoms with E-state index in [-0.39, 0.29) is 17.5 Å². The van der Waals surface area contributed by atoms with Crippen molar-refractivity contribution >= 4 is 11.6 Å². The van der Waals surface area contributed by atoms with E-state index in [1.54, 1.807) is 6.92 Å². The Kier molecular flexibility index (Phi) is 2.82. The van der Waals surface area contributed by atoms with Gasteiger partial charge in [-0.1, -0.05) is 24.3 Å². The summed E-state index contributed by atoms with van der Waals surface area (Å²) >= 11 is 0. The molecule has 2 saturated carbocycles. The van der Waals surface area contributed by atoms with E-state index in [4.69, 9.17) is 0 Å². The zero-order valence-corrected chi connectivity index (χ0v) is 11.1. The van der Waals surface area contributed by atoms with Gasteiger partial charge in [0, 0.05) is 12.3 Å². The van der Waals surface area contributed by atoms with Gasteiger partial charge in [-0.3, -0.25) is 9.59 Å². The smallest absolute Gasteiger partial charge is 0.153 e. The summed E-state index contributed by atoms with van der Waals surface area (Å²) in [5.41, 5.74) is 1.21. The molecule has 100 valence electrons. The summed E-state index contributed by atoms with van der Waals surface area (Å²) in [5, 5.41) is 9.49. The minimum Gasteiger partial charge on any atom is -0.389 e. The van der Waals surface area contributed by atoms with Crippen molar-refractivity contribution in [3.8, 4) is 0 Å². The minimum atomic E-state index is -0.619. The fraction of sp³-hybridized carbons (Fsp3) is 0.500. The molecule has 19 heavy (non-hydrogen) atoms. The van der Waals surface area contributed by atoms with Crippen molar-refractivity contribution in [1.29, 1.82) is 0 Å². The molecule has 2 atom stereocenters. The zero-order chi connectivity index (χ0) is 13.6. The number of Topliss-reactive ketones (excluding diaryl/α,β-unsaturated/α-hetero) is 2. The lowest BCUT2D eigenvalue weighted by molar-refractivity contribution is -0.138. The van der Waals surface area contributed by atoms with Crippen molar-refractivity contribution < 1.29 is 14.7 Å². The minimum absolute atomic E-state index is 0.119. The van der Waals surface area contributed by atoms with Crippen molar-refractivity contribution in [2.75, 3.05) is 0 Å². The van der Waals surface area contributed by atoms with Crippen LogP contribution in [0.15, 0.2) is 24.3 Å². The van der Waals surface area contributed by atoms with E-state index in [1.165, 1.54) is 0 Å². The largest absolute Gasteiger partial charge is 0.389 e. The van der Waals surface area contributed by atoms with Crippen molar-refractivity contribution in [3.05, 3.63) is 35.4 Å². The molecule has 1 aromatic rings. The molecule has 0 saturated heterocycles. The number of carbonyl (C=O) groups excluding carboxylic acids is 2. The van der Waals surface area contributed by atoms with Gasteiger partial charge < -0.3 is 5.11 Å². The maximum Gasteiger partial charge on any atom is 0.153 e.